The van der Waals surface area contributed by atoms with E-state index in [2.05, 4.69) is 15.6 Å². The molecule has 0 spiro atoms. The number of halogens is 1. The third-order valence-corrected chi connectivity index (χ3v) is 5.91. The van der Waals surface area contributed by atoms with E-state index in [0.29, 0.717) is 61.4 Å². The fraction of sp³-hybridized carbons (Fsp3) is 0.360. The van der Waals surface area contributed by atoms with Crippen LogP contribution in [0, 0.1) is 5.82 Å². The van der Waals surface area contributed by atoms with Crippen molar-refractivity contribution in [3.05, 3.63) is 59.7 Å². The molecule has 10 heteroatoms. The van der Waals surface area contributed by atoms with Gasteiger partial charge in [0.2, 0.25) is 5.91 Å². The van der Waals surface area contributed by atoms with E-state index in [9.17, 15) is 18.8 Å². The highest BCUT2D eigenvalue weighted by Gasteiger charge is 2.25. The van der Waals surface area contributed by atoms with E-state index in [1.54, 1.807) is 42.4 Å². The molecule has 2 N–H and O–H groups in total. The Morgan fingerprint density at radius 1 is 1.14 bits per heavy atom. The Labute approximate surface area is 202 Å². The molecular weight excluding hydrogens is 453 g/mol. The van der Waals surface area contributed by atoms with Crippen LogP contribution in [0.25, 0.3) is 11.0 Å². The lowest BCUT2D eigenvalue weighted by Gasteiger charge is -2.31. The fourth-order valence-corrected chi connectivity index (χ4v) is 4.22. The Balaban J connectivity index is 1.52. The van der Waals surface area contributed by atoms with E-state index in [4.69, 9.17) is 4.74 Å². The van der Waals surface area contributed by atoms with E-state index in [1.165, 1.54) is 19.1 Å². The molecule has 1 aliphatic rings. The number of carbonyl (C=O) groups is 3. The van der Waals surface area contributed by atoms with Crippen molar-refractivity contribution in [2.75, 3.05) is 25.0 Å². The highest BCUT2D eigenvalue weighted by molar-refractivity contribution is 6.05. The van der Waals surface area contributed by atoms with Crippen LogP contribution in [0.4, 0.5) is 14.9 Å². The largest absolute Gasteiger partial charge is 0.450 e. The third-order valence-electron chi connectivity index (χ3n) is 5.91. The maximum Gasteiger partial charge on any atom is 0.409 e. The molecule has 0 atom stereocenters. The summed E-state index contributed by atoms with van der Waals surface area (Å²) in [5, 5.41) is 5.82. The summed E-state index contributed by atoms with van der Waals surface area (Å²) < 4.78 is 20.2. The molecule has 184 valence electrons. The predicted octanol–water partition coefficient (Wildman–Crippen LogP) is 3.53. The molecule has 1 aliphatic heterocycles. The van der Waals surface area contributed by atoms with Crippen molar-refractivity contribution in [1.82, 2.24) is 19.8 Å². The molecule has 1 fully saturated rings. The molecule has 3 amide bonds. The Morgan fingerprint density at radius 3 is 2.51 bits per heavy atom. The van der Waals surface area contributed by atoms with Crippen LogP contribution in [0.2, 0.25) is 0 Å². The molecule has 2 aromatic carbocycles. The van der Waals surface area contributed by atoms with E-state index in [-0.39, 0.29) is 29.8 Å². The maximum absolute atomic E-state index is 13.3. The van der Waals surface area contributed by atoms with Crippen molar-refractivity contribution < 1.29 is 23.5 Å². The first-order chi connectivity index (χ1) is 16.8. The standard InChI is InChI=1S/C25H28FN5O4/c1-3-35-25(34)30-10-8-20(9-11-30)29-24(33)18-12-21-23(22(13-18)28-16(2)32)31(15-27-21)14-17-4-6-19(26)7-5-17/h4-7,12-13,15,20H,3,8-11,14H2,1-2H3,(H,28,32)(H,29,33). The highest BCUT2D eigenvalue weighted by atomic mass is 19.1. The first-order valence-electron chi connectivity index (χ1n) is 11.6. The second kappa shape index (κ2) is 10.5. The summed E-state index contributed by atoms with van der Waals surface area (Å²) in [7, 11) is 0. The Hall–Kier alpha value is -3.95. The molecule has 0 aliphatic carbocycles. The summed E-state index contributed by atoms with van der Waals surface area (Å²) in [6, 6.07) is 9.40. The van der Waals surface area contributed by atoms with Crippen LogP contribution in [-0.2, 0) is 16.1 Å². The topological polar surface area (TPSA) is 106 Å². The van der Waals surface area contributed by atoms with Gasteiger partial charge in [-0.15, -0.1) is 0 Å². The van der Waals surface area contributed by atoms with Gasteiger partial charge in [-0.1, -0.05) is 12.1 Å². The summed E-state index contributed by atoms with van der Waals surface area (Å²) in [5.41, 5.74) is 2.94. The van der Waals surface area contributed by atoms with Crippen molar-refractivity contribution in [1.29, 1.82) is 0 Å². The molecule has 0 radical (unpaired) electrons. The number of likely N-dealkylation sites (tertiary alicyclic amines) is 1. The van der Waals surface area contributed by atoms with Crippen molar-refractivity contribution in [2.24, 2.45) is 0 Å². The molecule has 4 rings (SSSR count). The maximum atomic E-state index is 13.3. The van der Waals surface area contributed by atoms with Crippen LogP contribution >= 0.6 is 0 Å². The number of benzene rings is 2. The summed E-state index contributed by atoms with van der Waals surface area (Å²) in [6.45, 7) is 4.93. The van der Waals surface area contributed by atoms with E-state index < -0.39 is 0 Å². The average Bonchev–Trinajstić information content (AvgIpc) is 3.23. The molecular formula is C25H28FN5O4. The number of aromatic nitrogens is 2. The number of hydrogen-bond donors (Lipinski definition) is 2. The van der Waals surface area contributed by atoms with Gasteiger partial charge < -0.3 is 24.8 Å². The molecule has 35 heavy (non-hydrogen) atoms. The van der Waals surface area contributed by atoms with Crippen LogP contribution in [0.1, 0.15) is 42.6 Å². The summed E-state index contributed by atoms with van der Waals surface area (Å²) in [5.74, 6) is -0.865. The number of amides is 3. The lowest BCUT2D eigenvalue weighted by Crippen LogP contribution is -2.46. The number of imidazole rings is 1. The van der Waals surface area contributed by atoms with Gasteiger partial charge in [0.1, 0.15) is 5.82 Å². The molecule has 1 aromatic heterocycles. The second-order valence-corrected chi connectivity index (χ2v) is 8.51. The van der Waals surface area contributed by atoms with Gasteiger partial charge in [0.25, 0.3) is 5.91 Å². The summed E-state index contributed by atoms with van der Waals surface area (Å²) >= 11 is 0. The minimum atomic E-state index is -0.334. The van der Waals surface area contributed by atoms with E-state index in [1.807, 2.05) is 4.57 Å². The molecule has 9 nitrogen and oxygen atoms in total. The average molecular weight is 482 g/mol. The minimum absolute atomic E-state index is 0.0795. The number of piperidine rings is 1. The quantitative estimate of drug-likeness (QED) is 0.560. The van der Waals surface area contributed by atoms with E-state index in [0.717, 1.165) is 5.56 Å². The van der Waals surface area contributed by atoms with Crippen molar-refractivity contribution in [2.45, 2.75) is 39.3 Å². The van der Waals surface area contributed by atoms with Crippen molar-refractivity contribution in [3.8, 4) is 0 Å². The van der Waals surface area contributed by atoms with Crippen LogP contribution < -0.4 is 10.6 Å². The van der Waals surface area contributed by atoms with Crippen molar-refractivity contribution in [3.63, 3.8) is 0 Å². The normalized spacial score (nSPS) is 14.1. The SMILES string of the molecule is CCOC(=O)N1CCC(NC(=O)c2cc(NC(C)=O)c3c(c2)ncn3Cc2ccc(F)cc2)CC1. The number of rotatable bonds is 6. The zero-order valence-electron chi connectivity index (χ0n) is 19.7. The van der Waals surface area contributed by atoms with Gasteiger partial charge in [-0.2, -0.15) is 0 Å². The summed E-state index contributed by atoms with van der Waals surface area (Å²) in [4.78, 5) is 42.9. The van der Waals surface area contributed by atoms with Gasteiger partial charge in [0.15, 0.2) is 0 Å². The molecule has 0 bridgehead atoms. The Bertz CT molecular complexity index is 1230. The number of anilines is 1. The molecule has 0 unspecified atom stereocenters. The zero-order valence-corrected chi connectivity index (χ0v) is 19.7. The first kappa shape index (κ1) is 24.2. The predicted molar refractivity (Wildman–Crippen MR) is 129 cm³/mol. The van der Waals surface area contributed by atoms with Crippen LogP contribution in [0.5, 0.6) is 0 Å². The van der Waals surface area contributed by atoms with Crippen molar-refractivity contribution >= 4 is 34.6 Å². The van der Waals surface area contributed by atoms with Crippen LogP contribution in [0.15, 0.2) is 42.7 Å². The Kier molecular flexibility index (Phi) is 7.28. The smallest absolute Gasteiger partial charge is 0.409 e. The lowest BCUT2D eigenvalue weighted by molar-refractivity contribution is -0.114. The number of hydrogen-bond acceptors (Lipinski definition) is 5. The molecule has 1 saturated heterocycles. The number of ether oxygens (including phenoxy) is 1. The van der Waals surface area contributed by atoms with E-state index >= 15 is 0 Å². The third kappa shape index (κ3) is 5.76. The fourth-order valence-electron chi connectivity index (χ4n) is 4.22. The molecule has 2 heterocycles. The summed E-state index contributed by atoms with van der Waals surface area (Å²) in [6.07, 6.45) is 2.54. The minimum Gasteiger partial charge on any atom is -0.450 e. The van der Waals surface area contributed by atoms with Gasteiger partial charge in [-0.3, -0.25) is 9.59 Å². The highest BCUT2D eigenvalue weighted by Crippen LogP contribution is 2.26. The number of nitrogens with zero attached hydrogens (tertiary/aromatic N) is 3. The van der Waals surface area contributed by atoms with Gasteiger partial charge in [0.05, 0.1) is 29.7 Å². The number of nitrogens with one attached hydrogen (secondary N) is 2. The van der Waals surface area contributed by atoms with Crippen LogP contribution in [-0.4, -0.2) is 58.1 Å². The lowest BCUT2D eigenvalue weighted by atomic mass is 10.0. The number of carbonyl (C=O) groups excluding carboxylic acids is 3. The van der Waals surface area contributed by atoms with Gasteiger partial charge >= 0.3 is 6.09 Å². The number of fused-ring (bicyclic) bond motifs is 1. The Morgan fingerprint density at radius 2 is 1.86 bits per heavy atom. The molecule has 0 saturated carbocycles. The second-order valence-electron chi connectivity index (χ2n) is 8.51. The van der Waals surface area contributed by atoms with Gasteiger partial charge in [-0.25, -0.2) is 14.2 Å². The van der Waals surface area contributed by atoms with Crippen LogP contribution in [0.3, 0.4) is 0 Å². The molecule has 3 aromatic rings. The monoisotopic (exact) mass is 481 g/mol. The van der Waals surface area contributed by atoms with Gasteiger partial charge in [-0.05, 0) is 49.6 Å². The van der Waals surface area contributed by atoms with Gasteiger partial charge in [0, 0.05) is 38.2 Å². The zero-order chi connectivity index (χ0) is 24.9. The first-order valence-corrected chi connectivity index (χ1v) is 11.6.